The average molecular weight is 497 g/mol. The SMILES string of the molecule is COc1ccc(C(NC(=O)C2CCN(S(=O)(=O)c3ccc(C)c(C)c3)CC2)c2nccn2C)cc1. The van der Waals surface area contributed by atoms with E-state index in [0.717, 1.165) is 28.3 Å². The Balaban J connectivity index is 1.46. The minimum absolute atomic E-state index is 0.1000. The molecule has 35 heavy (non-hydrogen) atoms. The summed E-state index contributed by atoms with van der Waals surface area (Å²) in [7, 11) is -0.0870. The highest BCUT2D eigenvalue weighted by molar-refractivity contribution is 7.89. The lowest BCUT2D eigenvalue weighted by atomic mass is 9.96. The molecule has 0 spiro atoms. The molecule has 1 saturated heterocycles. The number of methoxy groups -OCH3 is 1. The number of rotatable bonds is 7. The zero-order valence-electron chi connectivity index (χ0n) is 20.6. The molecular weight excluding hydrogens is 464 g/mol. The predicted molar refractivity (Wildman–Crippen MR) is 134 cm³/mol. The van der Waals surface area contributed by atoms with Crippen LogP contribution in [-0.4, -0.2) is 48.4 Å². The number of ether oxygens (including phenoxy) is 1. The van der Waals surface area contributed by atoms with Gasteiger partial charge in [-0.3, -0.25) is 4.79 Å². The monoisotopic (exact) mass is 496 g/mol. The summed E-state index contributed by atoms with van der Waals surface area (Å²) >= 11 is 0. The molecule has 0 saturated carbocycles. The van der Waals surface area contributed by atoms with Crippen LogP contribution < -0.4 is 10.1 Å². The second kappa shape index (κ2) is 10.2. The molecule has 3 aromatic rings. The van der Waals surface area contributed by atoms with Crippen molar-refractivity contribution in [3.8, 4) is 5.75 Å². The van der Waals surface area contributed by atoms with Crippen molar-refractivity contribution in [2.45, 2.75) is 37.6 Å². The number of hydrogen-bond acceptors (Lipinski definition) is 5. The van der Waals surface area contributed by atoms with E-state index in [0.29, 0.717) is 30.8 Å². The second-order valence-electron chi connectivity index (χ2n) is 9.04. The normalized spacial score (nSPS) is 16.1. The number of nitrogens with zero attached hydrogens (tertiary/aromatic N) is 3. The molecule has 1 N–H and O–H groups in total. The van der Waals surface area contributed by atoms with E-state index in [4.69, 9.17) is 4.74 Å². The Morgan fingerprint density at radius 2 is 1.77 bits per heavy atom. The maximum atomic E-state index is 13.3. The minimum atomic E-state index is -3.59. The summed E-state index contributed by atoms with van der Waals surface area (Å²) in [5, 5.41) is 3.15. The topological polar surface area (TPSA) is 93.5 Å². The smallest absolute Gasteiger partial charge is 0.243 e. The Morgan fingerprint density at radius 3 is 2.34 bits per heavy atom. The molecule has 1 unspecified atom stereocenters. The summed E-state index contributed by atoms with van der Waals surface area (Å²) in [5.74, 6) is 1.08. The number of amides is 1. The largest absolute Gasteiger partial charge is 0.497 e. The summed E-state index contributed by atoms with van der Waals surface area (Å²) in [4.78, 5) is 18.0. The van der Waals surface area contributed by atoms with Gasteiger partial charge >= 0.3 is 0 Å². The molecule has 1 atom stereocenters. The van der Waals surface area contributed by atoms with Crippen LogP contribution in [0.15, 0.2) is 59.8 Å². The van der Waals surface area contributed by atoms with E-state index < -0.39 is 16.1 Å². The lowest BCUT2D eigenvalue weighted by molar-refractivity contribution is -0.126. The Morgan fingerprint density at radius 1 is 1.09 bits per heavy atom. The van der Waals surface area contributed by atoms with E-state index in [1.54, 1.807) is 25.4 Å². The van der Waals surface area contributed by atoms with Gasteiger partial charge in [0.15, 0.2) is 0 Å². The third-order valence-corrected chi connectivity index (χ3v) is 8.69. The maximum Gasteiger partial charge on any atom is 0.243 e. The molecule has 0 radical (unpaired) electrons. The first kappa shape index (κ1) is 24.9. The Kier molecular flexibility index (Phi) is 7.28. The van der Waals surface area contributed by atoms with Crippen molar-refractivity contribution in [2.75, 3.05) is 20.2 Å². The number of nitrogens with one attached hydrogen (secondary N) is 1. The summed E-state index contributed by atoms with van der Waals surface area (Å²) in [6, 6.07) is 12.3. The van der Waals surface area contributed by atoms with Crippen molar-refractivity contribution in [2.24, 2.45) is 13.0 Å². The molecule has 0 bridgehead atoms. The summed E-state index contributed by atoms with van der Waals surface area (Å²) < 4.78 is 34.9. The number of carbonyl (C=O) groups excluding carboxylic acids is 1. The molecule has 1 aliphatic rings. The highest BCUT2D eigenvalue weighted by Gasteiger charge is 2.33. The van der Waals surface area contributed by atoms with Crippen molar-refractivity contribution in [3.05, 3.63) is 77.4 Å². The molecule has 1 aromatic heterocycles. The first-order valence-corrected chi connectivity index (χ1v) is 13.1. The lowest BCUT2D eigenvalue weighted by Crippen LogP contribution is -2.44. The van der Waals surface area contributed by atoms with E-state index in [-0.39, 0.29) is 11.8 Å². The summed E-state index contributed by atoms with van der Waals surface area (Å²) in [5.41, 5.74) is 2.89. The van der Waals surface area contributed by atoms with Crippen molar-refractivity contribution in [3.63, 3.8) is 0 Å². The molecule has 4 rings (SSSR count). The van der Waals surface area contributed by atoms with Gasteiger partial charge in [0.25, 0.3) is 0 Å². The van der Waals surface area contributed by atoms with Gasteiger partial charge in [0.1, 0.15) is 17.6 Å². The first-order chi connectivity index (χ1) is 16.7. The molecule has 2 aromatic carbocycles. The van der Waals surface area contributed by atoms with E-state index >= 15 is 0 Å². The Bertz CT molecular complexity index is 1290. The standard InChI is InChI=1S/C26H32N4O4S/c1-18-5-10-23(17-19(18)2)35(32,33)30-14-11-21(12-15-30)26(31)28-24(25-27-13-16-29(25)3)20-6-8-22(34-4)9-7-20/h5-10,13,16-17,21,24H,11-12,14-15H2,1-4H3,(H,28,31). The van der Waals surface area contributed by atoms with Gasteiger partial charge in [-0.1, -0.05) is 18.2 Å². The average Bonchev–Trinajstić information content (AvgIpc) is 3.29. The highest BCUT2D eigenvalue weighted by atomic mass is 32.2. The third-order valence-electron chi connectivity index (χ3n) is 6.79. The van der Waals surface area contributed by atoms with Crippen LogP contribution in [0.1, 0.15) is 41.4 Å². The van der Waals surface area contributed by atoms with E-state index in [2.05, 4.69) is 10.3 Å². The van der Waals surface area contributed by atoms with Gasteiger partial charge in [0.05, 0.1) is 12.0 Å². The minimum Gasteiger partial charge on any atom is -0.497 e. The van der Waals surface area contributed by atoms with Crippen LogP contribution in [0, 0.1) is 19.8 Å². The number of imidazole rings is 1. The molecule has 9 heteroatoms. The maximum absolute atomic E-state index is 13.3. The van der Waals surface area contributed by atoms with Crippen LogP contribution >= 0.6 is 0 Å². The third kappa shape index (κ3) is 5.26. The van der Waals surface area contributed by atoms with Gasteiger partial charge in [-0.25, -0.2) is 13.4 Å². The molecule has 1 amide bonds. The van der Waals surface area contributed by atoms with Gasteiger partial charge in [0, 0.05) is 38.4 Å². The van der Waals surface area contributed by atoms with E-state index in [9.17, 15) is 13.2 Å². The summed E-state index contributed by atoms with van der Waals surface area (Å²) in [6.45, 7) is 4.48. The number of piperidine rings is 1. The van der Waals surface area contributed by atoms with Crippen LogP contribution in [0.5, 0.6) is 5.75 Å². The van der Waals surface area contributed by atoms with E-state index in [1.807, 2.05) is 62.0 Å². The second-order valence-corrected chi connectivity index (χ2v) is 11.0. The molecule has 1 fully saturated rings. The molecule has 186 valence electrons. The summed E-state index contributed by atoms with van der Waals surface area (Å²) in [6.07, 6.45) is 4.47. The molecule has 1 aliphatic heterocycles. The van der Waals surface area contributed by atoms with Crippen molar-refractivity contribution < 1.29 is 17.9 Å². The quantitative estimate of drug-likeness (QED) is 0.542. The Labute approximate surface area is 207 Å². The lowest BCUT2D eigenvalue weighted by Gasteiger charge is -2.31. The van der Waals surface area contributed by atoms with Crippen LogP contribution in [0.2, 0.25) is 0 Å². The van der Waals surface area contributed by atoms with Crippen molar-refractivity contribution in [1.29, 1.82) is 0 Å². The molecule has 8 nitrogen and oxygen atoms in total. The molecule has 0 aliphatic carbocycles. The van der Waals surface area contributed by atoms with Crippen molar-refractivity contribution >= 4 is 15.9 Å². The van der Waals surface area contributed by atoms with Gasteiger partial charge in [0.2, 0.25) is 15.9 Å². The zero-order chi connectivity index (χ0) is 25.2. The number of benzene rings is 2. The molecule has 2 heterocycles. The highest BCUT2D eigenvalue weighted by Crippen LogP contribution is 2.28. The van der Waals surface area contributed by atoms with Crippen LogP contribution in [0.3, 0.4) is 0 Å². The Hall–Kier alpha value is -3.17. The van der Waals surface area contributed by atoms with Gasteiger partial charge < -0.3 is 14.6 Å². The fraction of sp³-hybridized carbons (Fsp3) is 0.385. The number of carbonyl (C=O) groups is 1. The predicted octanol–water partition coefficient (Wildman–Crippen LogP) is 3.35. The van der Waals surface area contributed by atoms with Gasteiger partial charge in [-0.2, -0.15) is 4.31 Å². The van der Waals surface area contributed by atoms with E-state index in [1.165, 1.54) is 4.31 Å². The number of aromatic nitrogens is 2. The number of hydrogen-bond donors (Lipinski definition) is 1. The van der Waals surface area contributed by atoms with Crippen LogP contribution in [-0.2, 0) is 21.9 Å². The van der Waals surface area contributed by atoms with Crippen molar-refractivity contribution in [1.82, 2.24) is 19.2 Å². The zero-order valence-corrected chi connectivity index (χ0v) is 21.4. The van der Waals surface area contributed by atoms with Gasteiger partial charge in [-0.15, -0.1) is 0 Å². The fourth-order valence-electron chi connectivity index (χ4n) is 4.39. The molecular formula is C26H32N4O4S. The van der Waals surface area contributed by atoms with Crippen LogP contribution in [0.25, 0.3) is 0 Å². The number of sulfonamides is 1. The number of aryl methyl sites for hydroxylation is 3. The van der Waals surface area contributed by atoms with Gasteiger partial charge in [-0.05, 0) is 67.6 Å². The fourth-order valence-corrected chi connectivity index (χ4v) is 5.95. The first-order valence-electron chi connectivity index (χ1n) is 11.7. The van der Waals surface area contributed by atoms with Crippen LogP contribution in [0.4, 0.5) is 0 Å².